The molecule has 1 fully saturated rings. The van der Waals surface area contributed by atoms with E-state index < -0.39 is 17.1 Å². The number of para-hydroxylation sites is 1. The normalized spacial score (nSPS) is 20.0. The molecule has 4 rings (SSSR count). The first-order valence-corrected chi connectivity index (χ1v) is 13.1. The van der Waals surface area contributed by atoms with Crippen molar-refractivity contribution in [1.82, 2.24) is 4.90 Å². The molecule has 1 saturated heterocycles. The molecule has 2 aliphatic rings. The van der Waals surface area contributed by atoms with Crippen LogP contribution in [0.15, 0.2) is 47.4 Å². The number of methoxy groups -OCH3 is 1. The molecule has 3 amide bonds. The number of rotatable bonds is 7. The first-order valence-electron chi connectivity index (χ1n) is 12.2. The Balaban J connectivity index is 1.60. The summed E-state index contributed by atoms with van der Waals surface area (Å²) in [6, 6.07) is 13.1. The van der Waals surface area contributed by atoms with Crippen molar-refractivity contribution >= 4 is 46.3 Å². The third-order valence-electron chi connectivity index (χ3n) is 6.70. The van der Waals surface area contributed by atoms with Gasteiger partial charge in [0, 0.05) is 35.1 Å². The summed E-state index contributed by atoms with van der Waals surface area (Å²) in [7, 11) is 1.61. The molecule has 0 saturated carbocycles. The predicted molar refractivity (Wildman–Crippen MR) is 145 cm³/mol. The first kappa shape index (κ1) is 25.8. The van der Waals surface area contributed by atoms with Crippen LogP contribution >= 0.6 is 11.8 Å². The highest BCUT2D eigenvalue weighted by Gasteiger charge is 2.38. The molecule has 1 N–H and O–H groups in total. The number of anilines is 2. The van der Waals surface area contributed by atoms with Crippen molar-refractivity contribution in [3.05, 3.63) is 58.5 Å². The van der Waals surface area contributed by atoms with Gasteiger partial charge in [0.2, 0.25) is 5.91 Å². The van der Waals surface area contributed by atoms with E-state index in [1.807, 2.05) is 12.1 Å². The van der Waals surface area contributed by atoms with Crippen LogP contribution in [0.4, 0.5) is 16.2 Å². The van der Waals surface area contributed by atoms with Crippen LogP contribution < -0.4 is 15.0 Å². The van der Waals surface area contributed by atoms with Crippen molar-refractivity contribution in [3.8, 4) is 5.75 Å². The van der Waals surface area contributed by atoms with Crippen LogP contribution in [0.3, 0.4) is 0 Å². The van der Waals surface area contributed by atoms with Crippen molar-refractivity contribution in [2.75, 3.05) is 30.4 Å². The molecular weight excluding hydrogens is 474 g/mol. The molecule has 1 atom stereocenters. The molecule has 2 heterocycles. The summed E-state index contributed by atoms with van der Waals surface area (Å²) in [5.41, 5.74) is 3.74. The fourth-order valence-electron chi connectivity index (χ4n) is 5.11. The molecule has 0 spiro atoms. The van der Waals surface area contributed by atoms with Crippen molar-refractivity contribution < 1.29 is 19.1 Å². The van der Waals surface area contributed by atoms with Gasteiger partial charge in [-0.3, -0.25) is 19.3 Å². The number of fused-ring (bicyclic) bond motifs is 1. The van der Waals surface area contributed by atoms with Gasteiger partial charge in [-0.2, -0.15) is 0 Å². The summed E-state index contributed by atoms with van der Waals surface area (Å²) in [6.07, 6.45) is 3.75. The predicted octanol–water partition coefficient (Wildman–Crippen LogP) is 5.87. The molecule has 190 valence electrons. The van der Waals surface area contributed by atoms with E-state index in [0.29, 0.717) is 17.4 Å². The zero-order valence-electron chi connectivity index (χ0n) is 21.5. The van der Waals surface area contributed by atoms with Gasteiger partial charge in [-0.05, 0) is 74.2 Å². The molecule has 0 aromatic heterocycles. The highest BCUT2D eigenvalue weighted by atomic mass is 32.2. The second-order valence-electron chi connectivity index (χ2n) is 9.90. The number of nitrogens with zero attached hydrogens (tertiary/aromatic N) is 2. The minimum absolute atomic E-state index is 0.0257. The van der Waals surface area contributed by atoms with Crippen molar-refractivity contribution in [2.45, 2.75) is 52.0 Å². The van der Waals surface area contributed by atoms with Crippen LogP contribution in [-0.4, -0.2) is 47.7 Å². The minimum atomic E-state index is -0.477. The van der Waals surface area contributed by atoms with E-state index in [2.05, 4.69) is 44.0 Å². The fourth-order valence-corrected chi connectivity index (χ4v) is 5.94. The van der Waals surface area contributed by atoms with Crippen LogP contribution in [0.25, 0.3) is 6.08 Å². The molecule has 2 aliphatic heterocycles. The third kappa shape index (κ3) is 5.14. The topological polar surface area (TPSA) is 79.0 Å². The van der Waals surface area contributed by atoms with Gasteiger partial charge in [-0.25, -0.2) is 0 Å². The van der Waals surface area contributed by atoms with Crippen LogP contribution in [0.2, 0.25) is 0 Å². The second-order valence-corrected chi connectivity index (χ2v) is 10.9. The Morgan fingerprint density at radius 3 is 2.61 bits per heavy atom. The highest BCUT2D eigenvalue weighted by molar-refractivity contribution is 8.18. The van der Waals surface area contributed by atoms with Gasteiger partial charge >= 0.3 is 0 Å². The van der Waals surface area contributed by atoms with Crippen LogP contribution in [-0.2, 0) is 9.59 Å². The molecule has 0 bridgehead atoms. The minimum Gasteiger partial charge on any atom is -0.496 e. The van der Waals surface area contributed by atoms with E-state index in [1.165, 1.54) is 5.56 Å². The lowest BCUT2D eigenvalue weighted by molar-refractivity contribution is -0.127. The van der Waals surface area contributed by atoms with Gasteiger partial charge in [0.05, 0.1) is 12.0 Å². The average molecular weight is 508 g/mol. The van der Waals surface area contributed by atoms with Gasteiger partial charge < -0.3 is 15.0 Å². The van der Waals surface area contributed by atoms with E-state index in [9.17, 15) is 14.4 Å². The van der Waals surface area contributed by atoms with E-state index >= 15 is 0 Å². The number of hydrogen-bond acceptors (Lipinski definition) is 6. The molecule has 8 heteroatoms. The maximum Gasteiger partial charge on any atom is 0.294 e. The van der Waals surface area contributed by atoms with Gasteiger partial charge in [-0.15, -0.1) is 0 Å². The van der Waals surface area contributed by atoms with Crippen LogP contribution in [0, 0.1) is 0 Å². The maximum atomic E-state index is 13.1. The number of carbonyl (C=O) groups excluding carboxylic acids is 3. The molecule has 2 aromatic carbocycles. The van der Waals surface area contributed by atoms with Gasteiger partial charge in [0.1, 0.15) is 12.3 Å². The summed E-state index contributed by atoms with van der Waals surface area (Å²) in [5, 5.41) is 2.25. The van der Waals surface area contributed by atoms with Crippen LogP contribution in [0.1, 0.15) is 57.6 Å². The Morgan fingerprint density at radius 1 is 1.22 bits per heavy atom. The Bertz CT molecular complexity index is 1210. The maximum absolute atomic E-state index is 13.1. The summed E-state index contributed by atoms with van der Waals surface area (Å²) in [4.78, 5) is 41.8. The Morgan fingerprint density at radius 2 is 1.94 bits per heavy atom. The molecule has 0 aliphatic carbocycles. The lowest BCUT2D eigenvalue weighted by Crippen LogP contribution is -2.48. The lowest BCUT2D eigenvalue weighted by atomic mass is 9.79. The first-order chi connectivity index (χ1) is 17.1. The van der Waals surface area contributed by atoms with E-state index in [1.54, 1.807) is 37.5 Å². The lowest BCUT2D eigenvalue weighted by Gasteiger charge is -2.47. The van der Waals surface area contributed by atoms with Crippen molar-refractivity contribution in [1.29, 1.82) is 0 Å². The zero-order valence-corrected chi connectivity index (χ0v) is 22.3. The summed E-state index contributed by atoms with van der Waals surface area (Å²) >= 11 is 0.843. The number of amides is 3. The summed E-state index contributed by atoms with van der Waals surface area (Å²) in [5.74, 6) is 0.0737. The van der Waals surface area contributed by atoms with Gasteiger partial charge in [0.15, 0.2) is 0 Å². The molecule has 2 aromatic rings. The molecular formula is C28H33N3O4S. The smallest absolute Gasteiger partial charge is 0.294 e. The summed E-state index contributed by atoms with van der Waals surface area (Å²) < 4.78 is 5.72. The average Bonchev–Trinajstić information content (AvgIpc) is 3.09. The number of carbonyl (C=O) groups is 3. The van der Waals surface area contributed by atoms with Crippen molar-refractivity contribution in [2.24, 2.45) is 0 Å². The number of nitrogens with one attached hydrogen (secondary N) is 1. The number of thioether (sulfide) groups is 1. The third-order valence-corrected chi connectivity index (χ3v) is 7.61. The molecule has 0 radical (unpaired) electrons. The standard InChI is InChI=1S/C28H33N3O4S/c1-6-12-31-22-15-23(35-5)19(13-21(22)18(2)16-28(31,3)4)14-24-26(33)30(27(34)36-24)17-25(32)29-20-10-8-7-9-11-20/h7-11,13-15,18H,6,12,16-17H2,1-5H3,(H,29,32)/b24-14+. The van der Waals surface area contributed by atoms with Crippen LogP contribution in [0.5, 0.6) is 5.75 Å². The van der Waals surface area contributed by atoms with E-state index in [4.69, 9.17) is 4.74 Å². The molecule has 36 heavy (non-hydrogen) atoms. The number of benzene rings is 2. The van der Waals surface area contributed by atoms with E-state index in [-0.39, 0.29) is 17.0 Å². The number of imide groups is 1. The Labute approximate surface area is 216 Å². The fraction of sp³-hybridized carbons (Fsp3) is 0.393. The second kappa shape index (κ2) is 10.4. The van der Waals surface area contributed by atoms with Gasteiger partial charge in [-0.1, -0.05) is 32.0 Å². The quantitative estimate of drug-likeness (QED) is 0.472. The summed E-state index contributed by atoms with van der Waals surface area (Å²) in [6.45, 7) is 9.54. The number of hydrogen-bond donors (Lipinski definition) is 1. The number of ether oxygens (including phenoxy) is 1. The SMILES string of the molecule is CCCN1c2cc(OC)c(/C=C3/SC(=O)N(CC(=O)Nc4ccccc4)C3=O)cc2C(C)CC1(C)C. The molecule has 1 unspecified atom stereocenters. The Kier molecular flexibility index (Phi) is 7.45. The largest absolute Gasteiger partial charge is 0.496 e. The highest BCUT2D eigenvalue weighted by Crippen LogP contribution is 2.46. The zero-order chi connectivity index (χ0) is 26.0. The van der Waals surface area contributed by atoms with E-state index in [0.717, 1.165) is 47.3 Å². The monoisotopic (exact) mass is 507 g/mol. The van der Waals surface area contributed by atoms with Gasteiger partial charge in [0.25, 0.3) is 11.1 Å². The van der Waals surface area contributed by atoms with Crippen molar-refractivity contribution in [3.63, 3.8) is 0 Å². The Hall–Kier alpha value is -3.26. The molecule has 7 nitrogen and oxygen atoms in total.